The molecule has 1 fully saturated rings. The van der Waals surface area contributed by atoms with E-state index in [1.54, 1.807) is 6.92 Å². The lowest BCUT2D eigenvalue weighted by molar-refractivity contribution is 0.389. The van der Waals surface area contributed by atoms with E-state index in [1.165, 1.54) is 0 Å². The first-order valence-corrected chi connectivity index (χ1v) is 10.3. The topological polar surface area (TPSA) is 106 Å². The number of rotatable bonds is 8. The highest BCUT2D eigenvalue weighted by Gasteiger charge is 2.29. The standard InChI is InChI=1S/C11H24N2O4S2/c1-2-18(14,15)6-3-4-11(13-12)8-10-5-7-19(16,17)9-10/h10-11,13H,2-9,12H2,1H3. The van der Waals surface area contributed by atoms with Crippen molar-refractivity contribution in [3.8, 4) is 0 Å². The second kappa shape index (κ2) is 7.01. The van der Waals surface area contributed by atoms with Gasteiger partial charge in [0.15, 0.2) is 9.84 Å². The van der Waals surface area contributed by atoms with Crippen LogP contribution in [0.5, 0.6) is 0 Å². The lowest BCUT2D eigenvalue weighted by Gasteiger charge is -2.18. The molecule has 0 radical (unpaired) electrons. The monoisotopic (exact) mass is 312 g/mol. The molecule has 114 valence electrons. The molecule has 19 heavy (non-hydrogen) atoms. The van der Waals surface area contributed by atoms with Crippen LogP contribution in [0.1, 0.15) is 32.6 Å². The Bertz CT molecular complexity index is 473. The minimum absolute atomic E-state index is 0.00893. The Kier molecular flexibility index (Phi) is 6.22. The third kappa shape index (κ3) is 6.20. The molecule has 0 aromatic carbocycles. The summed E-state index contributed by atoms with van der Waals surface area (Å²) >= 11 is 0. The summed E-state index contributed by atoms with van der Waals surface area (Å²) in [6.45, 7) is 1.64. The second-order valence-electron chi connectivity index (χ2n) is 5.25. The molecule has 1 aliphatic heterocycles. The number of hydrogen-bond acceptors (Lipinski definition) is 6. The fourth-order valence-corrected chi connectivity index (χ4v) is 5.20. The molecular weight excluding hydrogens is 288 g/mol. The largest absolute Gasteiger partial charge is 0.271 e. The van der Waals surface area contributed by atoms with E-state index in [-0.39, 0.29) is 35.0 Å². The molecule has 2 atom stereocenters. The molecule has 1 heterocycles. The fraction of sp³-hybridized carbons (Fsp3) is 1.00. The molecule has 0 saturated carbocycles. The second-order valence-corrected chi connectivity index (χ2v) is 9.95. The van der Waals surface area contributed by atoms with E-state index in [1.807, 2.05) is 0 Å². The maximum atomic E-state index is 11.4. The number of nitrogens with two attached hydrogens (primary N) is 1. The van der Waals surface area contributed by atoms with E-state index < -0.39 is 19.7 Å². The Morgan fingerprint density at radius 3 is 2.58 bits per heavy atom. The zero-order valence-corrected chi connectivity index (χ0v) is 13.0. The summed E-state index contributed by atoms with van der Waals surface area (Å²) in [6, 6.07) is -0.00893. The molecule has 0 aliphatic carbocycles. The summed E-state index contributed by atoms with van der Waals surface area (Å²) in [4.78, 5) is 0. The maximum Gasteiger partial charge on any atom is 0.150 e. The number of hydrogen-bond donors (Lipinski definition) is 2. The summed E-state index contributed by atoms with van der Waals surface area (Å²) in [5, 5.41) is 0. The van der Waals surface area contributed by atoms with Crippen LogP contribution in [0.15, 0.2) is 0 Å². The van der Waals surface area contributed by atoms with Gasteiger partial charge in [-0.05, 0) is 31.6 Å². The van der Waals surface area contributed by atoms with Crippen LogP contribution in [-0.2, 0) is 19.7 Å². The van der Waals surface area contributed by atoms with Gasteiger partial charge in [-0.2, -0.15) is 0 Å². The molecule has 1 saturated heterocycles. The molecule has 1 aliphatic rings. The van der Waals surface area contributed by atoms with Gasteiger partial charge >= 0.3 is 0 Å². The lowest BCUT2D eigenvalue weighted by Crippen LogP contribution is -2.37. The smallest absolute Gasteiger partial charge is 0.150 e. The first-order chi connectivity index (χ1) is 8.78. The SMILES string of the molecule is CCS(=O)(=O)CCCC(CC1CCS(=O)(=O)C1)NN. The van der Waals surface area contributed by atoms with Crippen LogP contribution in [0.4, 0.5) is 0 Å². The van der Waals surface area contributed by atoms with Gasteiger partial charge in [0.25, 0.3) is 0 Å². The van der Waals surface area contributed by atoms with Crippen LogP contribution in [0.25, 0.3) is 0 Å². The molecule has 8 heteroatoms. The van der Waals surface area contributed by atoms with Crippen molar-refractivity contribution in [1.29, 1.82) is 0 Å². The Balaban J connectivity index is 2.35. The number of nitrogens with one attached hydrogen (secondary N) is 1. The predicted molar refractivity (Wildman–Crippen MR) is 76.1 cm³/mol. The molecule has 0 amide bonds. The summed E-state index contributed by atoms with van der Waals surface area (Å²) in [6.07, 6.45) is 2.60. The first-order valence-electron chi connectivity index (χ1n) is 6.65. The Labute approximate surface area is 115 Å². The van der Waals surface area contributed by atoms with Gasteiger partial charge in [0, 0.05) is 11.8 Å². The van der Waals surface area contributed by atoms with Crippen molar-refractivity contribution in [2.24, 2.45) is 11.8 Å². The van der Waals surface area contributed by atoms with Crippen LogP contribution < -0.4 is 11.3 Å². The van der Waals surface area contributed by atoms with Crippen molar-refractivity contribution in [1.82, 2.24) is 5.43 Å². The number of hydrazine groups is 1. The normalized spacial score (nSPS) is 24.4. The van der Waals surface area contributed by atoms with Crippen LogP contribution in [0.3, 0.4) is 0 Å². The summed E-state index contributed by atoms with van der Waals surface area (Å²) in [5.74, 6) is 6.43. The van der Waals surface area contributed by atoms with Gasteiger partial charge in [0.05, 0.1) is 17.3 Å². The Morgan fingerprint density at radius 2 is 2.11 bits per heavy atom. The molecule has 0 aromatic rings. The van der Waals surface area contributed by atoms with Crippen LogP contribution in [0.2, 0.25) is 0 Å². The third-order valence-electron chi connectivity index (χ3n) is 3.63. The molecule has 6 nitrogen and oxygen atoms in total. The number of sulfone groups is 2. The van der Waals surface area contributed by atoms with Gasteiger partial charge in [0.1, 0.15) is 9.84 Å². The fourth-order valence-electron chi connectivity index (χ4n) is 2.42. The van der Waals surface area contributed by atoms with Gasteiger partial charge in [-0.15, -0.1) is 0 Å². The van der Waals surface area contributed by atoms with Gasteiger partial charge in [-0.3, -0.25) is 11.3 Å². The molecule has 0 bridgehead atoms. The van der Waals surface area contributed by atoms with E-state index in [2.05, 4.69) is 5.43 Å². The van der Waals surface area contributed by atoms with Crippen LogP contribution >= 0.6 is 0 Å². The molecule has 0 spiro atoms. The van der Waals surface area contributed by atoms with Gasteiger partial charge in [-0.1, -0.05) is 6.92 Å². The molecule has 1 rings (SSSR count). The van der Waals surface area contributed by atoms with Crippen molar-refractivity contribution < 1.29 is 16.8 Å². The highest BCUT2D eigenvalue weighted by molar-refractivity contribution is 7.91. The molecule has 2 unspecified atom stereocenters. The summed E-state index contributed by atoms with van der Waals surface area (Å²) in [5.41, 5.74) is 2.67. The van der Waals surface area contributed by atoms with Gasteiger partial charge < -0.3 is 0 Å². The molecule has 0 aromatic heterocycles. The van der Waals surface area contributed by atoms with E-state index in [4.69, 9.17) is 5.84 Å². The van der Waals surface area contributed by atoms with E-state index in [0.717, 1.165) is 0 Å². The zero-order valence-electron chi connectivity index (χ0n) is 11.3. The van der Waals surface area contributed by atoms with Crippen LogP contribution in [0, 0.1) is 5.92 Å². The minimum Gasteiger partial charge on any atom is -0.271 e. The molecule has 3 N–H and O–H groups in total. The summed E-state index contributed by atoms with van der Waals surface area (Å²) in [7, 11) is -5.80. The average Bonchev–Trinajstić information content (AvgIpc) is 2.67. The Hall–Kier alpha value is -0.180. The van der Waals surface area contributed by atoms with Gasteiger partial charge in [-0.25, -0.2) is 16.8 Å². The van der Waals surface area contributed by atoms with Crippen molar-refractivity contribution in [3.05, 3.63) is 0 Å². The first kappa shape index (κ1) is 16.9. The van der Waals surface area contributed by atoms with E-state index in [9.17, 15) is 16.8 Å². The maximum absolute atomic E-state index is 11.4. The minimum atomic E-state index is -2.93. The highest BCUT2D eigenvalue weighted by atomic mass is 32.2. The zero-order chi connectivity index (χ0) is 14.5. The molecular formula is C11H24N2O4S2. The average molecular weight is 312 g/mol. The van der Waals surface area contributed by atoms with Crippen LogP contribution in [-0.4, -0.2) is 45.9 Å². The predicted octanol–water partition coefficient (Wildman–Crippen LogP) is -0.142. The van der Waals surface area contributed by atoms with E-state index in [0.29, 0.717) is 25.7 Å². The Morgan fingerprint density at radius 1 is 1.42 bits per heavy atom. The van der Waals surface area contributed by atoms with E-state index >= 15 is 0 Å². The quantitative estimate of drug-likeness (QED) is 0.477. The summed E-state index contributed by atoms with van der Waals surface area (Å²) < 4.78 is 45.5. The highest BCUT2D eigenvalue weighted by Crippen LogP contribution is 2.24. The van der Waals surface area contributed by atoms with Crippen molar-refractivity contribution in [2.45, 2.75) is 38.6 Å². The third-order valence-corrected chi connectivity index (χ3v) is 7.26. The lowest BCUT2D eigenvalue weighted by atomic mass is 9.97. The van der Waals surface area contributed by atoms with Crippen molar-refractivity contribution in [2.75, 3.05) is 23.0 Å². The van der Waals surface area contributed by atoms with Crippen molar-refractivity contribution >= 4 is 19.7 Å². The van der Waals surface area contributed by atoms with Gasteiger partial charge in [0.2, 0.25) is 0 Å². The van der Waals surface area contributed by atoms with Crippen molar-refractivity contribution in [3.63, 3.8) is 0 Å².